The summed E-state index contributed by atoms with van der Waals surface area (Å²) < 4.78 is 97.6. The Bertz CT molecular complexity index is 1800. The summed E-state index contributed by atoms with van der Waals surface area (Å²) in [6.07, 6.45) is -2.06. The fraction of sp³-hybridized carbons (Fsp3) is 0.531. The maximum absolute atomic E-state index is 16.9. The largest absolute Gasteiger partial charge is 0.461 e. The van der Waals surface area contributed by atoms with E-state index in [1.165, 1.54) is 0 Å². The van der Waals surface area contributed by atoms with Crippen LogP contribution in [0.5, 0.6) is 6.01 Å². The van der Waals surface area contributed by atoms with Gasteiger partial charge in [0.2, 0.25) is 0 Å². The number of alkyl halides is 4. The lowest BCUT2D eigenvalue weighted by Gasteiger charge is -2.41. The minimum absolute atomic E-state index is 0.0250. The van der Waals surface area contributed by atoms with Crippen LogP contribution >= 0.6 is 0 Å². The van der Waals surface area contributed by atoms with Crippen molar-refractivity contribution in [2.45, 2.75) is 81.5 Å². The zero-order valence-electron chi connectivity index (χ0n) is 25.2. The van der Waals surface area contributed by atoms with E-state index < -0.39 is 51.9 Å². The van der Waals surface area contributed by atoms with Gasteiger partial charge in [0.25, 0.3) is 0 Å². The van der Waals surface area contributed by atoms with Gasteiger partial charge in [-0.15, -0.1) is 0 Å². The van der Waals surface area contributed by atoms with Gasteiger partial charge in [-0.25, -0.2) is 18.2 Å². The van der Waals surface area contributed by atoms with Crippen molar-refractivity contribution in [3.05, 3.63) is 41.1 Å². The highest BCUT2D eigenvalue weighted by molar-refractivity contribution is 6.04. The number of aromatic nitrogens is 3. The van der Waals surface area contributed by atoms with Crippen LogP contribution in [0, 0.1) is 18.6 Å². The summed E-state index contributed by atoms with van der Waals surface area (Å²) in [5.41, 5.74) is 1.58. The molecule has 8 rings (SSSR count). The monoisotopic (exact) mass is 645 g/mol. The van der Waals surface area contributed by atoms with Gasteiger partial charge >= 0.3 is 12.2 Å². The third-order valence-corrected chi connectivity index (χ3v) is 10.6. The van der Waals surface area contributed by atoms with Gasteiger partial charge in [0.1, 0.15) is 35.7 Å². The molecule has 0 unspecified atom stereocenters. The molecule has 1 aromatic carbocycles. The molecule has 14 heteroatoms. The van der Waals surface area contributed by atoms with E-state index in [-0.39, 0.29) is 71.7 Å². The number of aryl methyl sites for hydroxylation is 1. The molecule has 0 amide bonds. The molecule has 0 saturated carbocycles. The number of nitrogens with zero attached hydrogens (tertiary/aromatic N) is 5. The number of rotatable bonds is 4. The number of hydrogen-bond acceptors (Lipinski definition) is 8. The predicted molar refractivity (Wildman–Crippen MR) is 160 cm³/mol. The molecule has 0 radical (unpaired) electrons. The van der Waals surface area contributed by atoms with Crippen molar-refractivity contribution in [1.29, 1.82) is 0 Å². The summed E-state index contributed by atoms with van der Waals surface area (Å²) >= 11 is 0. The summed E-state index contributed by atoms with van der Waals surface area (Å²) in [6.45, 7) is 6.84. The van der Waals surface area contributed by atoms with E-state index in [1.54, 1.807) is 0 Å². The molecule has 5 aliphatic rings. The van der Waals surface area contributed by atoms with Crippen molar-refractivity contribution < 1.29 is 31.1 Å². The fourth-order valence-electron chi connectivity index (χ4n) is 8.75. The van der Waals surface area contributed by atoms with E-state index in [0.717, 1.165) is 38.8 Å². The number of fused-ring (bicyclic) bond motifs is 6. The Morgan fingerprint density at radius 3 is 2.72 bits per heavy atom. The van der Waals surface area contributed by atoms with Gasteiger partial charge in [-0.1, -0.05) is 6.58 Å². The number of hydrogen-bond donors (Lipinski definition) is 2. The van der Waals surface area contributed by atoms with Crippen LogP contribution < -0.4 is 20.7 Å². The maximum atomic E-state index is 16.9. The van der Waals surface area contributed by atoms with Crippen molar-refractivity contribution in [1.82, 2.24) is 25.2 Å². The molecule has 2 bridgehead atoms. The second-order valence-electron chi connectivity index (χ2n) is 13.4. The molecule has 46 heavy (non-hydrogen) atoms. The van der Waals surface area contributed by atoms with Gasteiger partial charge < -0.3 is 20.7 Å². The number of anilines is 2. The topological polar surface area (TPSA) is 92.4 Å². The highest BCUT2D eigenvalue weighted by Crippen LogP contribution is 2.49. The molecule has 5 aliphatic heterocycles. The second-order valence-corrected chi connectivity index (χ2v) is 13.4. The highest BCUT2D eigenvalue weighted by atomic mass is 19.4. The van der Waals surface area contributed by atoms with E-state index >= 15 is 8.78 Å². The maximum Gasteiger partial charge on any atom is 0.418 e. The minimum Gasteiger partial charge on any atom is -0.461 e. The molecule has 0 spiro atoms. The summed E-state index contributed by atoms with van der Waals surface area (Å²) in [4.78, 5) is 16.9. The van der Waals surface area contributed by atoms with Gasteiger partial charge in [0.05, 0.1) is 27.7 Å². The Labute approximate surface area is 261 Å². The lowest BCUT2D eigenvalue weighted by atomic mass is 9.89. The Kier molecular flexibility index (Phi) is 6.58. The van der Waals surface area contributed by atoms with E-state index in [2.05, 4.69) is 26.8 Å². The van der Waals surface area contributed by atoms with Crippen LogP contribution in [-0.2, 0) is 6.18 Å². The quantitative estimate of drug-likeness (QED) is 0.357. The number of pyridine rings is 1. The van der Waals surface area contributed by atoms with Crippen LogP contribution in [0.15, 0.2) is 12.6 Å². The Balaban J connectivity index is 1.36. The van der Waals surface area contributed by atoms with E-state index in [0.29, 0.717) is 25.1 Å². The SMILES string of the molecule is C=C1C[C@@H]2[C@@H]3CC[C@H](CN2c2nc(OC[C@@]45CCCN4C[C@H](F)C5)nc4c(F)c(-c5cc(N)nc(C)c5C(F)(F)F)c(F)c1c24)N3. The van der Waals surface area contributed by atoms with E-state index in [9.17, 15) is 17.6 Å². The van der Waals surface area contributed by atoms with Gasteiger partial charge in [-0.2, -0.15) is 23.1 Å². The molecular formula is C32H33F6N7O. The van der Waals surface area contributed by atoms with Crippen LogP contribution in [0.25, 0.3) is 27.6 Å². The molecular weight excluding hydrogens is 612 g/mol. The van der Waals surface area contributed by atoms with Crippen molar-refractivity contribution in [2.75, 3.05) is 36.9 Å². The summed E-state index contributed by atoms with van der Waals surface area (Å²) in [5.74, 6) is -2.56. The molecule has 4 saturated heterocycles. The average molecular weight is 646 g/mol. The van der Waals surface area contributed by atoms with Crippen molar-refractivity contribution in [3.63, 3.8) is 0 Å². The zero-order valence-corrected chi connectivity index (χ0v) is 25.2. The number of nitrogens with one attached hydrogen (secondary N) is 1. The first-order valence-electron chi connectivity index (χ1n) is 15.6. The molecule has 0 aliphatic carbocycles. The lowest BCUT2D eigenvalue weighted by Crippen LogP contribution is -2.58. The van der Waals surface area contributed by atoms with Gasteiger partial charge in [0.15, 0.2) is 5.82 Å². The van der Waals surface area contributed by atoms with Gasteiger partial charge in [0, 0.05) is 48.8 Å². The normalized spacial score (nSPS) is 28.9. The number of nitrogen functional groups attached to an aromatic ring is 1. The molecule has 8 nitrogen and oxygen atoms in total. The van der Waals surface area contributed by atoms with Crippen molar-refractivity contribution >= 4 is 28.1 Å². The molecule has 5 atom stereocenters. The second kappa shape index (κ2) is 10.2. The standard InChI is InChI=1S/C32H33F6N7O/c1-14-8-20-19-5-4-17(41-19)12-45(20)29-24-22(14)26(34)23(18-9-21(39)40-15(2)25(18)32(36,37)38)27(35)28(24)42-30(43-29)46-13-31-6-3-7-44(31)11-16(33)10-31/h9,16-17,19-20,41H,1,3-8,10-13H2,2H3,(H2,39,40)/t16-,17-,19+,20-,31+/m1/s1. The fourth-order valence-corrected chi connectivity index (χ4v) is 8.75. The Morgan fingerprint density at radius 2 is 1.93 bits per heavy atom. The van der Waals surface area contributed by atoms with Gasteiger partial charge in [-0.05, 0) is 57.2 Å². The molecule has 7 heterocycles. The van der Waals surface area contributed by atoms with Crippen LogP contribution in [0.4, 0.5) is 38.0 Å². The summed E-state index contributed by atoms with van der Waals surface area (Å²) in [7, 11) is 0. The summed E-state index contributed by atoms with van der Waals surface area (Å²) in [5, 5.41) is 3.63. The molecule has 2 aromatic heterocycles. The lowest BCUT2D eigenvalue weighted by molar-refractivity contribution is -0.137. The minimum atomic E-state index is -4.99. The third-order valence-electron chi connectivity index (χ3n) is 10.6. The Hall–Kier alpha value is -3.65. The third kappa shape index (κ3) is 4.39. The smallest absolute Gasteiger partial charge is 0.418 e. The highest BCUT2D eigenvalue weighted by Gasteiger charge is 2.50. The van der Waals surface area contributed by atoms with Crippen LogP contribution in [0.1, 0.15) is 55.3 Å². The predicted octanol–water partition coefficient (Wildman–Crippen LogP) is 5.56. The van der Waals surface area contributed by atoms with Crippen LogP contribution in [-0.4, -0.2) is 75.9 Å². The number of halogens is 6. The van der Waals surface area contributed by atoms with Crippen molar-refractivity contribution in [3.8, 4) is 17.1 Å². The number of nitrogens with two attached hydrogens (primary N) is 1. The molecule has 4 fully saturated rings. The first-order valence-corrected chi connectivity index (χ1v) is 15.6. The molecule has 3 N–H and O–H groups in total. The molecule has 3 aromatic rings. The van der Waals surface area contributed by atoms with E-state index in [1.807, 2.05) is 4.90 Å². The first-order chi connectivity index (χ1) is 21.8. The first kappa shape index (κ1) is 29.7. The van der Waals surface area contributed by atoms with Gasteiger partial charge in [-0.3, -0.25) is 4.90 Å². The average Bonchev–Trinajstić information content (AvgIpc) is 3.61. The van der Waals surface area contributed by atoms with E-state index in [4.69, 9.17) is 15.5 Å². The number of ether oxygens (including phenoxy) is 1. The number of piperazine rings is 1. The summed E-state index contributed by atoms with van der Waals surface area (Å²) in [6, 6.07) is 0.569. The van der Waals surface area contributed by atoms with Crippen LogP contribution in [0.3, 0.4) is 0 Å². The molecule has 244 valence electrons. The zero-order chi connectivity index (χ0) is 32.3. The number of benzene rings is 1. The van der Waals surface area contributed by atoms with Crippen LogP contribution in [0.2, 0.25) is 0 Å². The Morgan fingerprint density at radius 1 is 1.13 bits per heavy atom. The van der Waals surface area contributed by atoms with Crippen molar-refractivity contribution in [2.24, 2.45) is 0 Å².